The van der Waals surface area contributed by atoms with Crippen molar-refractivity contribution in [3.63, 3.8) is 0 Å². The highest BCUT2D eigenvalue weighted by atomic mass is 35.5. The lowest BCUT2D eigenvalue weighted by Crippen LogP contribution is -2.49. The number of piperidine rings is 3. The van der Waals surface area contributed by atoms with Crippen molar-refractivity contribution < 1.29 is 9.53 Å². The molecular weight excluding hydrogens is 393 g/mol. The highest BCUT2D eigenvalue weighted by molar-refractivity contribution is 7.14. The molecule has 5 nitrogen and oxygen atoms in total. The van der Waals surface area contributed by atoms with E-state index in [1.165, 1.54) is 37.3 Å². The van der Waals surface area contributed by atoms with E-state index in [0.717, 1.165) is 17.0 Å². The number of amides is 1. The maximum atomic E-state index is 12.2. The van der Waals surface area contributed by atoms with E-state index < -0.39 is 6.09 Å². The lowest BCUT2D eigenvalue weighted by atomic mass is 9.79. The number of aromatic nitrogens is 1. The van der Waals surface area contributed by atoms with Crippen molar-refractivity contribution in [2.24, 2.45) is 11.8 Å². The van der Waals surface area contributed by atoms with Crippen molar-refractivity contribution in [3.8, 4) is 10.4 Å². The Bertz CT molecular complexity index is 762. The van der Waals surface area contributed by atoms with Crippen LogP contribution in [-0.4, -0.2) is 42.2 Å². The largest absolute Gasteiger partial charge is 0.449 e. The monoisotopic (exact) mass is 413 g/mol. The molecule has 26 heavy (non-hydrogen) atoms. The summed E-state index contributed by atoms with van der Waals surface area (Å²) in [4.78, 5) is 19.8. The van der Waals surface area contributed by atoms with Crippen molar-refractivity contribution in [2.45, 2.75) is 12.8 Å². The average molecular weight is 414 g/mol. The molecule has 5 rings (SSSR count). The molecular formula is C18H21Cl2N3O2S. The Kier molecular flexibility index (Phi) is 6.40. The van der Waals surface area contributed by atoms with E-state index >= 15 is 0 Å². The molecule has 1 unspecified atom stereocenters. The summed E-state index contributed by atoms with van der Waals surface area (Å²) >= 11 is 7.70. The smallest absolute Gasteiger partial charge is 0.412 e. The SMILES string of the molecule is Cl.O=C(Nc1ncsc1-c1ccccc1Cl)OCC1CN2CCC1CC2. The molecule has 1 aromatic carbocycles. The van der Waals surface area contributed by atoms with Crippen molar-refractivity contribution in [1.29, 1.82) is 0 Å². The van der Waals surface area contributed by atoms with Gasteiger partial charge < -0.3 is 9.64 Å². The van der Waals surface area contributed by atoms with Gasteiger partial charge in [0.2, 0.25) is 0 Å². The molecule has 0 radical (unpaired) electrons. The summed E-state index contributed by atoms with van der Waals surface area (Å²) < 4.78 is 5.48. The highest BCUT2D eigenvalue weighted by Crippen LogP contribution is 2.36. The Morgan fingerprint density at radius 3 is 2.81 bits per heavy atom. The normalized spacial score (nSPS) is 24.0. The molecule has 0 spiro atoms. The number of ether oxygens (including phenoxy) is 1. The van der Waals surface area contributed by atoms with Gasteiger partial charge in [0.25, 0.3) is 0 Å². The summed E-state index contributed by atoms with van der Waals surface area (Å²) in [5.74, 6) is 1.64. The number of carbonyl (C=O) groups excluding carboxylic acids is 1. The van der Waals surface area contributed by atoms with E-state index in [9.17, 15) is 4.79 Å². The maximum Gasteiger partial charge on any atom is 0.412 e. The van der Waals surface area contributed by atoms with Gasteiger partial charge in [-0.05, 0) is 37.9 Å². The van der Waals surface area contributed by atoms with E-state index in [2.05, 4.69) is 15.2 Å². The summed E-state index contributed by atoms with van der Waals surface area (Å²) in [6, 6.07) is 7.53. The van der Waals surface area contributed by atoms with Crippen LogP contribution in [0.5, 0.6) is 0 Å². The van der Waals surface area contributed by atoms with Crippen LogP contribution in [0.1, 0.15) is 12.8 Å². The molecule has 4 heterocycles. The average Bonchev–Trinajstić information content (AvgIpc) is 3.09. The number of hydrogen-bond donors (Lipinski definition) is 1. The first-order chi connectivity index (χ1) is 12.2. The quantitative estimate of drug-likeness (QED) is 0.783. The predicted octanol–water partition coefficient (Wildman–Crippen LogP) is 4.78. The summed E-state index contributed by atoms with van der Waals surface area (Å²) in [6.45, 7) is 3.89. The van der Waals surface area contributed by atoms with Gasteiger partial charge in [-0.1, -0.05) is 29.8 Å². The third-order valence-corrected chi connectivity index (χ3v) is 6.32. The molecule has 3 aliphatic rings. The Labute approximate surface area is 168 Å². The Balaban J connectivity index is 0.00000196. The fourth-order valence-corrected chi connectivity index (χ4v) is 4.83. The zero-order valence-electron chi connectivity index (χ0n) is 14.2. The van der Waals surface area contributed by atoms with Crippen LogP contribution in [0.25, 0.3) is 10.4 Å². The van der Waals surface area contributed by atoms with Crippen LogP contribution in [0.2, 0.25) is 5.02 Å². The third kappa shape index (κ3) is 4.14. The molecule has 3 aliphatic heterocycles. The van der Waals surface area contributed by atoms with Gasteiger partial charge in [0.15, 0.2) is 5.82 Å². The highest BCUT2D eigenvalue weighted by Gasteiger charge is 2.34. The zero-order valence-corrected chi connectivity index (χ0v) is 16.6. The first-order valence-electron chi connectivity index (χ1n) is 8.55. The molecule has 8 heteroatoms. The van der Waals surface area contributed by atoms with Crippen LogP contribution >= 0.6 is 35.3 Å². The molecule has 0 aliphatic carbocycles. The number of nitrogens with one attached hydrogen (secondary N) is 1. The maximum absolute atomic E-state index is 12.2. The second-order valence-electron chi connectivity index (χ2n) is 6.63. The van der Waals surface area contributed by atoms with Gasteiger partial charge >= 0.3 is 6.09 Å². The van der Waals surface area contributed by atoms with E-state index in [1.54, 1.807) is 5.51 Å². The molecule has 1 aromatic heterocycles. The lowest BCUT2D eigenvalue weighted by molar-refractivity contribution is 0.0151. The van der Waals surface area contributed by atoms with Gasteiger partial charge in [0.1, 0.15) is 0 Å². The Morgan fingerprint density at radius 2 is 2.12 bits per heavy atom. The topological polar surface area (TPSA) is 54.5 Å². The van der Waals surface area contributed by atoms with Crippen molar-refractivity contribution in [2.75, 3.05) is 31.6 Å². The number of benzene rings is 1. The molecule has 3 saturated heterocycles. The molecule has 2 aromatic rings. The molecule has 0 saturated carbocycles. The fraction of sp³-hybridized carbons (Fsp3) is 0.444. The minimum absolute atomic E-state index is 0. The number of halogens is 2. The fourth-order valence-electron chi connectivity index (χ4n) is 3.76. The van der Waals surface area contributed by atoms with E-state index in [4.69, 9.17) is 16.3 Å². The van der Waals surface area contributed by atoms with Crippen LogP contribution in [0, 0.1) is 11.8 Å². The second kappa shape index (κ2) is 8.57. The molecule has 2 bridgehead atoms. The van der Waals surface area contributed by atoms with E-state index in [0.29, 0.717) is 29.3 Å². The Morgan fingerprint density at radius 1 is 1.35 bits per heavy atom. The standard InChI is InChI=1S/C18H20ClN3O2S.ClH/c19-15-4-2-1-3-14(15)16-17(20-11-25-16)21-18(23)24-10-13-9-22-7-5-12(13)6-8-22;/h1-4,11-13H,5-10H2,(H,21,23);1H. The van der Waals surface area contributed by atoms with Crippen LogP contribution in [-0.2, 0) is 4.74 Å². The summed E-state index contributed by atoms with van der Waals surface area (Å²) in [5, 5.41) is 3.40. The summed E-state index contributed by atoms with van der Waals surface area (Å²) in [7, 11) is 0. The van der Waals surface area contributed by atoms with E-state index in [1.807, 2.05) is 24.3 Å². The molecule has 140 valence electrons. The number of nitrogens with zero attached hydrogens (tertiary/aromatic N) is 2. The predicted molar refractivity (Wildman–Crippen MR) is 107 cm³/mol. The van der Waals surface area contributed by atoms with Gasteiger partial charge in [0.05, 0.1) is 17.0 Å². The van der Waals surface area contributed by atoms with Gasteiger partial charge in [-0.2, -0.15) is 0 Å². The second-order valence-corrected chi connectivity index (χ2v) is 7.89. The van der Waals surface area contributed by atoms with E-state index in [-0.39, 0.29) is 12.4 Å². The van der Waals surface area contributed by atoms with Crippen LogP contribution in [0.4, 0.5) is 10.6 Å². The van der Waals surface area contributed by atoms with Crippen LogP contribution < -0.4 is 5.32 Å². The zero-order chi connectivity index (χ0) is 17.2. The molecule has 1 N–H and O–H groups in total. The van der Waals surface area contributed by atoms with Crippen molar-refractivity contribution >= 4 is 47.3 Å². The van der Waals surface area contributed by atoms with Gasteiger partial charge in [0, 0.05) is 23.0 Å². The number of thiazole rings is 1. The molecule has 1 amide bonds. The van der Waals surface area contributed by atoms with Gasteiger partial charge in [-0.15, -0.1) is 23.7 Å². The third-order valence-electron chi connectivity index (χ3n) is 5.13. The Hall–Kier alpha value is -1.34. The summed E-state index contributed by atoms with van der Waals surface area (Å²) in [5.41, 5.74) is 2.56. The number of carbonyl (C=O) groups is 1. The minimum Gasteiger partial charge on any atom is -0.449 e. The van der Waals surface area contributed by atoms with Crippen molar-refractivity contribution in [1.82, 2.24) is 9.88 Å². The van der Waals surface area contributed by atoms with Gasteiger partial charge in [-0.25, -0.2) is 9.78 Å². The molecule has 1 atom stereocenters. The van der Waals surface area contributed by atoms with Crippen LogP contribution in [0.3, 0.4) is 0 Å². The van der Waals surface area contributed by atoms with Gasteiger partial charge in [-0.3, -0.25) is 5.32 Å². The lowest BCUT2D eigenvalue weighted by Gasteiger charge is -2.44. The van der Waals surface area contributed by atoms with Crippen molar-refractivity contribution in [3.05, 3.63) is 34.8 Å². The molecule has 3 fully saturated rings. The number of rotatable bonds is 4. The summed E-state index contributed by atoms with van der Waals surface area (Å²) in [6.07, 6.45) is 1.99. The number of hydrogen-bond acceptors (Lipinski definition) is 5. The number of anilines is 1. The first-order valence-corrected chi connectivity index (χ1v) is 9.81. The first kappa shape index (κ1) is 19.4. The number of fused-ring (bicyclic) bond motifs is 3. The van der Waals surface area contributed by atoms with Crippen LogP contribution in [0.15, 0.2) is 29.8 Å². The minimum atomic E-state index is -0.448.